The van der Waals surface area contributed by atoms with Gasteiger partial charge < -0.3 is 19.3 Å². The van der Waals surface area contributed by atoms with Crippen molar-refractivity contribution >= 4 is 23.2 Å². The van der Waals surface area contributed by atoms with Crippen LogP contribution in [0.5, 0.6) is 11.5 Å². The second kappa shape index (κ2) is 8.39. The Morgan fingerprint density at radius 2 is 1.74 bits per heavy atom. The van der Waals surface area contributed by atoms with Gasteiger partial charge in [0.15, 0.2) is 11.5 Å². The maximum absolute atomic E-state index is 12.6. The highest BCUT2D eigenvalue weighted by atomic mass is 32.1. The van der Waals surface area contributed by atoms with Crippen LogP contribution in [0.1, 0.15) is 21.1 Å². The van der Waals surface area contributed by atoms with E-state index in [9.17, 15) is 9.59 Å². The molecule has 1 aromatic carbocycles. The monoisotopic (exact) mass is 389 g/mol. The third-order valence-corrected chi connectivity index (χ3v) is 5.33. The van der Waals surface area contributed by atoms with Crippen molar-refractivity contribution in [2.75, 3.05) is 40.4 Å². The van der Waals surface area contributed by atoms with Crippen LogP contribution in [0.3, 0.4) is 0 Å². The second-order valence-electron chi connectivity index (χ2n) is 6.29. The fraction of sp³-hybridized carbons (Fsp3) is 0.421. The number of hydrogen-bond donors (Lipinski definition) is 0. The van der Waals surface area contributed by atoms with Crippen LogP contribution in [0.4, 0.5) is 0 Å². The zero-order valence-electron chi connectivity index (χ0n) is 15.7. The van der Waals surface area contributed by atoms with E-state index in [0.29, 0.717) is 49.8 Å². The average Bonchev–Trinajstić information content (AvgIpc) is 3.13. The van der Waals surface area contributed by atoms with Gasteiger partial charge in [-0.1, -0.05) is 6.07 Å². The number of ether oxygens (including phenoxy) is 2. The first kappa shape index (κ1) is 19.2. The van der Waals surface area contributed by atoms with Gasteiger partial charge in [-0.3, -0.25) is 9.59 Å². The van der Waals surface area contributed by atoms with E-state index in [2.05, 4.69) is 4.98 Å². The summed E-state index contributed by atoms with van der Waals surface area (Å²) in [6.45, 7) is 3.98. The smallest absolute Gasteiger partial charge is 0.273 e. The number of amides is 2. The van der Waals surface area contributed by atoms with Crippen LogP contribution < -0.4 is 9.47 Å². The molecule has 0 bridgehead atoms. The molecule has 0 saturated carbocycles. The number of benzene rings is 1. The first-order valence-electron chi connectivity index (χ1n) is 8.72. The summed E-state index contributed by atoms with van der Waals surface area (Å²) in [5.41, 5.74) is 1.36. The number of piperazine rings is 1. The average molecular weight is 389 g/mol. The van der Waals surface area contributed by atoms with E-state index in [4.69, 9.17) is 9.47 Å². The lowest BCUT2D eigenvalue weighted by Crippen LogP contribution is -2.51. The Kier molecular flexibility index (Phi) is 5.95. The molecule has 0 radical (unpaired) electrons. The van der Waals surface area contributed by atoms with E-state index in [1.165, 1.54) is 11.3 Å². The number of hydrogen-bond acceptors (Lipinski definition) is 6. The summed E-state index contributed by atoms with van der Waals surface area (Å²) in [5, 5.41) is 2.66. The number of rotatable bonds is 5. The van der Waals surface area contributed by atoms with Crippen LogP contribution in [0, 0.1) is 6.92 Å². The highest BCUT2D eigenvalue weighted by Crippen LogP contribution is 2.28. The van der Waals surface area contributed by atoms with Crippen molar-refractivity contribution in [1.29, 1.82) is 0 Å². The molecule has 8 heteroatoms. The summed E-state index contributed by atoms with van der Waals surface area (Å²) >= 11 is 1.47. The first-order chi connectivity index (χ1) is 13.0. The molecular weight excluding hydrogens is 366 g/mol. The number of carbonyl (C=O) groups is 2. The summed E-state index contributed by atoms with van der Waals surface area (Å²) in [4.78, 5) is 32.9. The molecule has 0 spiro atoms. The van der Waals surface area contributed by atoms with Gasteiger partial charge in [0, 0.05) is 31.6 Å². The van der Waals surface area contributed by atoms with Crippen LogP contribution >= 0.6 is 11.3 Å². The summed E-state index contributed by atoms with van der Waals surface area (Å²) in [5.74, 6) is 1.22. The van der Waals surface area contributed by atoms with E-state index >= 15 is 0 Å². The van der Waals surface area contributed by atoms with Gasteiger partial charge in [0.1, 0.15) is 5.69 Å². The van der Waals surface area contributed by atoms with E-state index in [0.717, 1.165) is 10.6 Å². The predicted octanol–water partition coefficient (Wildman–Crippen LogP) is 2.00. The van der Waals surface area contributed by atoms with Crippen molar-refractivity contribution in [2.45, 2.75) is 13.3 Å². The van der Waals surface area contributed by atoms with Crippen molar-refractivity contribution in [3.63, 3.8) is 0 Å². The molecule has 1 saturated heterocycles. The molecule has 144 valence electrons. The molecule has 2 aromatic rings. The van der Waals surface area contributed by atoms with Crippen LogP contribution in [0.15, 0.2) is 23.6 Å². The minimum atomic E-state index is -0.0636. The zero-order chi connectivity index (χ0) is 19.4. The summed E-state index contributed by atoms with van der Waals surface area (Å²) in [7, 11) is 3.15. The number of methoxy groups -OCH3 is 2. The second-order valence-corrected chi connectivity index (χ2v) is 7.35. The van der Waals surface area contributed by atoms with Gasteiger partial charge in [-0.05, 0) is 24.6 Å². The number of aromatic nitrogens is 1. The van der Waals surface area contributed by atoms with Gasteiger partial charge in [-0.25, -0.2) is 4.98 Å². The number of thiazole rings is 1. The SMILES string of the molecule is COc1ccc(CC(=O)N2CCN(C(=O)c3csc(C)n3)CC2)cc1OC. The molecule has 2 heterocycles. The Labute approximate surface area is 162 Å². The van der Waals surface area contributed by atoms with Gasteiger partial charge in [0.05, 0.1) is 25.6 Å². The molecule has 0 unspecified atom stereocenters. The predicted molar refractivity (Wildman–Crippen MR) is 103 cm³/mol. The van der Waals surface area contributed by atoms with Crippen LogP contribution in [0.25, 0.3) is 0 Å². The highest BCUT2D eigenvalue weighted by Gasteiger charge is 2.26. The molecule has 0 aliphatic carbocycles. The Morgan fingerprint density at radius 1 is 1.07 bits per heavy atom. The molecule has 27 heavy (non-hydrogen) atoms. The van der Waals surface area contributed by atoms with Crippen LogP contribution in [-0.4, -0.2) is 67.0 Å². The maximum atomic E-state index is 12.6. The van der Waals surface area contributed by atoms with Crippen molar-refractivity contribution in [2.24, 2.45) is 0 Å². The van der Waals surface area contributed by atoms with Crippen LogP contribution in [0.2, 0.25) is 0 Å². The molecule has 1 aliphatic heterocycles. The van der Waals surface area contributed by atoms with E-state index in [1.807, 2.05) is 19.1 Å². The van der Waals surface area contributed by atoms with Crippen molar-refractivity contribution in [3.8, 4) is 11.5 Å². The Balaban J connectivity index is 1.56. The molecule has 0 atom stereocenters. The minimum absolute atomic E-state index is 0.0406. The first-order valence-corrected chi connectivity index (χ1v) is 9.60. The van der Waals surface area contributed by atoms with E-state index in [1.54, 1.807) is 35.5 Å². The third-order valence-electron chi connectivity index (χ3n) is 4.56. The normalized spacial score (nSPS) is 14.2. The summed E-state index contributed by atoms with van der Waals surface area (Å²) < 4.78 is 10.5. The molecule has 7 nitrogen and oxygen atoms in total. The molecule has 3 rings (SSSR count). The molecule has 2 amide bonds. The fourth-order valence-corrected chi connectivity index (χ4v) is 3.65. The molecular formula is C19H23N3O4S. The van der Waals surface area contributed by atoms with Crippen molar-refractivity contribution < 1.29 is 19.1 Å². The van der Waals surface area contributed by atoms with Gasteiger partial charge in [0.25, 0.3) is 5.91 Å². The largest absolute Gasteiger partial charge is 0.493 e. The fourth-order valence-electron chi connectivity index (χ4n) is 3.06. The zero-order valence-corrected chi connectivity index (χ0v) is 16.5. The maximum Gasteiger partial charge on any atom is 0.273 e. The van der Waals surface area contributed by atoms with Crippen LogP contribution in [-0.2, 0) is 11.2 Å². The number of nitrogens with zero attached hydrogens (tertiary/aromatic N) is 3. The Morgan fingerprint density at radius 3 is 2.33 bits per heavy atom. The lowest BCUT2D eigenvalue weighted by atomic mass is 10.1. The van der Waals surface area contributed by atoms with E-state index < -0.39 is 0 Å². The number of aryl methyl sites for hydroxylation is 1. The standard InChI is InChI=1S/C19H23N3O4S/c1-13-20-15(12-27-13)19(24)22-8-6-21(7-9-22)18(23)11-14-4-5-16(25-2)17(10-14)26-3/h4-5,10,12H,6-9,11H2,1-3H3. The summed E-state index contributed by atoms with van der Waals surface area (Å²) in [6, 6.07) is 5.48. The van der Waals surface area contributed by atoms with Crippen molar-refractivity contribution in [1.82, 2.24) is 14.8 Å². The molecule has 1 aliphatic rings. The molecule has 1 aromatic heterocycles. The number of carbonyl (C=O) groups excluding carboxylic acids is 2. The molecule has 0 N–H and O–H groups in total. The minimum Gasteiger partial charge on any atom is -0.493 e. The Bertz CT molecular complexity index is 828. The summed E-state index contributed by atoms with van der Waals surface area (Å²) in [6.07, 6.45) is 0.291. The lowest BCUT2D eigenvalue weighted by Gasteiger charge is -2.34. The van der Waals surface area contributed by atoms with E-state index in [-0.39, 0.29) is 11.8 Å². The highest BCUT2D eigenvalue weighted by molar-refractivity contribution is 7.09. The Hall–Kier alpha value is -2.61. The van der Waals surface area contributed by atoms with Gasteiger partial charge >= 0.3 is 0 Å². The van der Waals surface area contributed by atoms with Gasteiger partial charge in [-0.2, -0.15) is 0 Å². The molecule has 1 fully saturated rings. The van der Waals surface area contributed by atoms with Crippen molar-refractivity contribution in [3.05, 3.63) is 39.8 Å². The third kappa shape index (κ3) is 4.39. The van der Waals surface area contributed by atoms with Gasteiger partial charge in [0.2, 0.25) is 5.91 Å². The quantitative estimate of drug-likeness (QED) is 0.782. The topological polar surface area (TPSA) is 72.0 Å². The van der Waals surface area contributed by atoms with Gasteiger partial charge in [-0.15, -0.1) is 11.3 Å². The lowest BCUT2D eigenvalue weighted by molar-refractivity contribution is -0.131.